The van der Waals surface area contributed by atoms with Gasteiger partial charge in [-0.05, 0) is 45.4 Å². The van der Waals surface area contributed by atoms with Crippen LogP contribution in [0.5, 0.6) is 0 Å². The first-order chi connectivity index (χ1) is 16.5. The number of carbonyl (C=O) groups is 2. The van der Waals surface area contributed by atoms with Gasteiger partial charge in [0.25, 0.3) is 5.91 Å². The van der Waals surface area contributed by atoms with E-state index in [1.54, 1.807) is 37.5 Å². The Morgan fingerprint density at radius 1 is 1.23 bits per heavy atom. The van der Waals surface area contributed by atoms with Crippen LogP contribution in [0.2, 0.25) is 0 Å². The minimum atomic E-state index is -1.36. The van der Waals surface area contributed by atoms with Crippen LogP contribution in [-0.4, -0.2) is 78.8 Å². The van der Waals surface area contributed by atoms with Crippen molar-refractivity contribution in [1.29, 1.82) is 0 Å². The fraction of sp³-hybridized carbons (Fsp3) is 0.458. The Morgan fingerprint density at radius 3 is 2.74 bits per heavy atom. The summed E-state index contributed by atoms with van der Waals surface area (Å²) in [5, 5.41) is 4.31. The average Bonchev–Trinajstić information content (AvgIpc) is 3.34. The Bertz CT molecular complexity index is 1330. The van der Waals surface area contributed by atoms with E-state index in [1.807, 2.05) is 13.0 Å². The van der Waals surface area contributed by atoms with E-state index in [0.29, 0.717) is 41.1 Å². The van der Waals surface area contributed by atoms with E-state index in [4.69, 9.17) is 10.5 Å². The quantitative estimate of drug-likeness (QED) is 0.598. The predicted octanol–water partition coefficient (Wildman–Crippen LogP) is 2.64. The number of fused-ring (bicyclic) bond motifs is 2. The molecule has 2 atom stereocenters. The Kier molecular flexibility index (Phi) is 5.37. The lowest BCUT2D eigenvalue weighted by Crippen LogP contribution is -2.49. The summed E-state index contributed by atoms with van der Waals surface area (Å²) in [5.41, 5.74) is 9.45. The fourth-order valence-corrected chi connectivity index (χ4v) is 4.79. The van der Waals surface area contributed by atoms with Gasteiger partial charge in [-0.2, -0.15) is 5.10 Å². The van der Waals surface area contributed by atoms with Gasteiger partial charge in [0, 0.05) is 31.3 Å². The Balaban J connectivity index is 1.43. The molecule has 2 aliphatic rings. The van der Waals surface area contributed by atoms with Gasteiger partial charge in [0.1, 0.15) is 23.6 Å². The predicted molar refractivity (Wildman–Crippen MR) is 127 cm³/mol. The Hall–Kier alpha value is -3.76. The zero-order valence-electron chi connectivity index (χ0n) is 20.2. The molecule has 5 heterocycles. The van der Waals surface area contributed by atoms with Crippen LogP contribution in [0.25, 0.3) is 16.8 Å². The maximum atomic E-state index is 15.0. The monoisotopic (exact) mass is 481 g/mol. The van der Waals surface area contributed by atoms with Crippen LogP contribution in [0.1, 0.15) is 42.4 Å². The van der Waals surface area contributed by atoms with Crippen LogP contribution in [0.3, 0.4) is 0 Å². The van der Waals surface area contributed by atoms with Crippen molar-refractivity contribution in [1.82, 2.24) is 29.4 Å². The SMILES string of the molecule is Cc1cc(-c2cnc3c(c2)C(=O)N([C@H]2CN(C(=O)OC(C)(C)C)C[C@H]2F)CC3)n2ncnc(N)c12. The Morgan fingerprint density at radius 2 is 2.00 bits per heavy atom. The fourth-order valence-electron chi connectivity index (χ4n) is 4.79. The summed E-state index contributed by atoms with van der Waals surface area (Å²) < 4.78 is 22.1. The number of hydrogen-bond acceptors (Lipinski definition) is 7. The molecule has 0 aromatic carbocycles. The van der Waals surface area contributed by atoms with E-state index >= 15 is 4.39 Å². The van der Waals surface area contributed by atoms with E-state index in [9.17, 15) is 9.59 Å². The molecule has 0 radical (unpaired) electrons. The molecule has 2 amide bonds. The first-order valence-corrected chi connectivity index (χ1v) is 11.5. The molecule has 2 N–H and O–H groups in total. The third-order valence-corrected chi connectivity index (χ3v) is 6.39. The molecule has 0 spiro atoms. The second-order valence-corrected chi connectivity index (χ2v) is 10.1. The largest absolute Gasteiger partial charge is 0.444 e. The molecule has 3 aromatic rings. The zero-order chi connectivity index (χ0) is 25.1. The molecular weight excluding hydrogens is 453 g/mol. The minimum absolute atomic E-state index is 0.0863. The van der Waals surface area contributed by atoms with Crippen molar-refractivity contribution in [2.45, 2.75) is 51.9 Å². The van der Waals surface area contributed by atoms with Gasteiger partial charge in [0.05, 0.1) is 29.5 Å². The van der Waals surface area contributed by atoms with Gasteiger partial charge in [-0.3, -0.25) is 9.78 Å². The number of pyridine rings is 1. The number of alkyl halides is 1. The number of rotatable bonds is 2. The number of nitrogens with zero attached hydrogens (tertiary/aromatic N) is 6. The number of aryl methyl sites for hydroxylation is 1. The number of ether oxygens (including phenoxy) is 1. The van der Waals surface area contributed by atoms with Crippen LogP contribution < -0.4 is 5.73 Å². The zero-order valence-corrected chi connectivity index (χ0v) is 20.2. The molecule has 1 fully saturated rings. The summed E-state index contributed by atoms with van der Waals surface area (Å²) in [7, 11) is 0. The normalized spacial score (nSPS) is 20.4. The van der Waals surface area contributed by atoms with Crippen molar-refractivity contribution < 1.29 is 18.7 Å². The number of carbonyl (C=O) groups excluding carboxylic acids is 2. The van der Waals surface area contributed by atoms with Crippen molar-refractivity contribution in [3.05, 3.63) is 41.5 Å². The van der Waals surface area contributed by atoms with Crippen molar-refractivity contribution >= 4 is 23.3 Å². The van der Waals surface area contributed by atoms with Crippen LogP contribution in [0.4, 0.5) is 15.0 Å². The number of nitrogens with two attached hydrogens (primary N) is 1. The van der Waals surface area contributed by atoms with E-state index in [1.165, 1.54) is 16.1 Å². The molecular formula is C24H28FN7O3. The number of anilines is 1. The summed E-state index contributed by atoms with van der Waals surface area (Å²) in [5.74, 6) is 0.0627. The highest BCUT2D eigenvalue weighted by Gasteiger charge is 2.43. The molecule has 10 nitrogen and oxygen atoms in total. The first kappa shape index (κ1) is 23.0. The molecule has 184 valence electrons. The standard InChI is InChI=1S/C24H28FN7O3/c1-13-7-18(32-20(13)21(26)28-12-29-32)14-8-15-17(27-9-14)5-6-31(22(15)33)19-11-30(10-16(19)25)23(34)35-24(2,3)4/h7-9,12,16,19H,5-6,10-11H2,1-4H3,(H2,26,28,29)/t16-,19+/m1/s1. The van der Waals surface area contributed by atoms with Gasteiger partial charge in [-0.1, -0.05) is 0 Å². The minimum Gasteiger partial charge on any atom is -0.444 e. The van der Waals surface area contributed by atoms with E-state index in [2.05, 4.69) is 15.1 Å². The molecule has 0 bridgehead atoms. The molecule has 0 aliphatic carbocycles. The number of halogens is 1. The summed E-state index contributed by atoms with van der Waals surface area (Å²) in [4.78, 5) is 37.4. The van der Waals surface area contributed by atoms with Gasteiger partial charge in [-0.15, -0.1) is 0 Å². The molecule has 0 unspecified atom stereocenters. The van der Waals surface area contributed by atoms with Gasteiger partial charge in [-0.25, -0.2) is 18.7 Å². The van der Waals surface area contributed by atoms with E-state index in [0.717, 1.165) is 11.3 Å². The van der Waals surface area contributed by atoms with E-state index < -0.39 is 23.9 Å². The molecule has 1 saturated heterocycles. The van der Waals surface area contributed by atoms with Gasteiger partial charge >= 0.3 is 6.09 Å². The van der Waals surface area contributed by atoms with Crippen LogP contribution >= 0.6 is 0 Å². The maximum absolute atomic E-state index is 15.0. The maximum Gasteiger partial charge on any atom is 0.410 e. The van der Waals surface area contributed by atoms with E-state index in [-0.39, 0.29) is 19.0 Å². The highest BCUT2D eigenvalue weighted by Crippen LogP contribution is 2.31. The highest BCUT2D eigenvalue weighted by molar-refractivity contribution is 5.98. The Labute approximate surface area is 201 Å². The van der Waals surface area contributed by atoms with Crippen molar-refractivity contribution in [3.63, 3.8) is 0 Å². The van der Waals surface area contributed by atoms with Gasteiger partial charge < -0.3 is 20.3 Å². The molecule has 2 aliphatic heterocycles. The second-order valence-electron chi connectivity index (χ2n) is 10.1. The number of aromatic nitrogens is 4. The first-order valence-electron chi connectivity index (χ1n) is 11.5. The number of hydrogen-bond donors (Lipinski definition) is 1. The van der Waals surface area contributed by atoms with Crippen molar-refractivity contribution in [2.75, 3.05) is 25.4 Å². The summed E-state index contributed by atoms with van der Waals surface area (Å²) >= 11 is 0. The summed E-state index contributed by atoms with van der Waals surface area (Å²) in [6.07, 6.45) is 1.65. The average molecular weight is 482 g/mol. The summed E-state index contributed by atoms with van der Waals surface area (Å²) in [6.45, 7) is 7.51. The van der Waals surface area contributed by atoms with Gasteiger partial charge in [0.15, 0.2) is 5.82 Å². The number of likely N-dealkylation sites (tertiary alicyclic amines) is 1. The lowest BCUT2D eigenvalue weighted by molar-refractivity contribution is 0.0272. The van der Waals surface area contributed by atoms with Crippen molar-refractivity contribution in [2.24, 2.45) is 0 Å². The topological polar surface area (TPSA) is 119 Å². The lowest BCUT2D eigenvalue weighted by Gasteiger charge is -2.34. The number of nitrogen functional groups attached to an aromatic ring is 1. The molecule has 35 heavy (non-hydrogen) atoms. The summed E-state index contributed by atoms with van der Waals surface area (Å²) in [6, 6.07) is 2.95. The lowest BCUT2D eigenvalue weighted by atomic mass is 9.99. The van der Waals surface area contributed by atoms with Gasteiger partial charge in [0.2, 0.25) is 0 Å². The second kappa shape index (κ2) is 8.17. The molecule has 11 heteroatoms. The van der Waals surface area contributed by atoms with Crippen LogP contribution in [-0.2, 0) is 11.2 Å². The highest BCUT2D eigenvalue weighted by atomic mass is 19.1. The molecule has 3 aromatic heterocycles. The molecule has 0 saturated carbocycles. The van der Waals surface area contributed by atoms with Crippen LogP contribution in [0.15, 0.2) is 24.7 Å². The smallest absolute Gasteiger partial charge is 0.410 e. The van der Waals surface area contributed by atoms with Crippen molar-refractivity contribution in [3.8, 4) is 11.3 Å². The third kappa shape index (κ3) is 4.04. The molecule has 5 rings (SSSR count). The van der Waals surface area contributed by atoms with Crippen LogP contribution in [0, 0.1) is 6.92 Å². The third-order valence-electron chi connectivity index (χ3n) is 6.39. The number of amides is 2.